The van der Waals surface area contributed by atoms with Crippen LogP contribution in [-0.4, -0.2) is 19.9 Å². The monoisotopic (exact) mass is 348 g/mol. The third-order valence-corrected chi connectivity index (χ3v) is 4.18. The lowest BCUT2D eigenvalue weighted by Crippen LogP contribution is -2.03. The largest absolute Gasteiger partial charge is 0.332 e. The molecule has 5 nitrogen and oxygen atoms in total. The number of rotatable bonds is 4. The fourth-order valence-corrected chi connectivity index (χ4v) is 2.68. The first-order valence-electron chi connectivity index (χ1n) is 8.28. The van der Waals surface area contributed by atoms with Gasteiger partial charge in [-0.15, -0.1) is 0 Å². The van der Waals surface area contributed by atoms with Gasteiger partial charge in [-0.25, -0.2) is 4.39 Å². The van der Waals surface area contributed by atoms with Gasteiger partial charge < -0.3 is 4.52 Å². The minimum Gasteiger partial charge on any atom is -0.332 e. The minimum atomic E-state index is -0.303. The van der Waals surface area contributed by atoms with Gasteiger partial charge in [0.15, 0.2) is 5.69 Å². The molecular weight excluding hydrogens is 331 g/mol. The number of nitrogens with zero attached hydrogens (tertiary/aromatic N) is 4. The summed E-state index contributed by atoms with van der Waals surface area (Å²) in [5.41, 5.74) is 4.71. The number of benzene rings is 2. The predicted molar refractivity (Wildman–Crippen MR) is 95.9 cm³/mol. The Kier molecular flexibility index (Phi) is 4.08. The first kappa shape index (κ1) is 16.2. The van der Waals surface area contributed by atoms with Crippen LogP contribution in [0.2, 0.25) is 0 Å². The van der Waals surface area contributed by atoms with Crippen LogP contribution in [0.5, 0.6) is 0 Å². The van der Waals surface area contributed by atoms with Crippen LogP contribution in [0.3, 0.4) is 0 Å². The van der Waals surface area contributed by atoms with E-state index in [1.54, 1.807) is 12.1 Å². The molecule has 2 aromatic heterocycles. The Labute approximate surface area is 150 Å². The molecule has 2 aromatic carbocycles. The number of hydrogen-bond donors (Lipinski definition) is 0. The quantitative estimate of drug-likeness (QED) is 0.548. The van der Waals surface area contributed by atoms with E-state index < -0.39 is 0 Å². The van der Waals surface area contributed by atoms with E-state index in [0.717, 1.165) is 5.69 Å². The fraction of sp³-hybridized carbons (Fsp3) is 0.150. The van der Waals surface area contributed by atoms with Gasteiger partial charge >= 0.3 is 0 Å². The van der Waals surface area contributed by atoms with E-state index in [2.05, 4.69) is 46.4 Å². The lowest BCUT2D eigenvalue weighted by atomic mass is 10.1. The summed E-state index contributed by atoms with van der Waals surface area (Å²) < 4.78 is 20.3. The summed E-state index contributed by atoms with van der Waals surface area (Å²) in [4.78, 5) is 4.38. The first-order valence-corrected chi connectivity index (χ1v) is 8.28. The maximum atomic E-state index is 13.0. The van der Waals surface area contributed by atoms with Crippen molar-refractivity contribution >= 4 is 0 Å². The van der Waals surface area contributed by atoms with Crippen LogP contribution in [0.25, 0.3) is 23.0 Å². The molecule has 0 aliphatic rings. The lowest BCUT2D eigenvalue weighted by molar-refractivity contribution is 0.430. The molecule has 0 amide bonds. The summed E-state index contributed by atoms with van der Waals surface area (Å²) >= 11 is 0. The average molecular weight is 348 g/mol. The van der Waals surface area contributed by atoms with Gasteiger partial charge in [-0.2, -0.15) is 10.1 Å². The maximum absolute atomic E-state index is 13.0. The second kappa shape index (κ2) is 6.55. The number of halogens is 1. The second-order valence-electron chi connectivity index (χ2n) is 6.24. The molecule has 6 heteroatoms. The molecule has 0 atom stereocenters. The molecule has 0 radical (unpaired) electrons. The van der Waals surface area contributed by atoms with Gasteiger partial charge in [-0.05, 0) is 49.7 Å². The summed E-state index contributed by atoms with van der Waals surface area (Å²) in [6, 6.07) is 16.2. The summed E-state index contributed by atoms with van der Waals surface area (Å²) in [6.07, 6.45) is 0. The highest BCUT2D eigenvalue weighted by atomic mass is 19.1. The Balaban J connectivity index is 1.59. The van der Waals surface area contributed by atoms with Gasteiger partial charge in [0.25, 0.3) is 5.89 Å². The summed E-state index contributed by atoms with van der Waals surface area (Å²) in [6.45, 7) is 4.72. The molecule has 0 N–H and O–H groups in total. The highest BCUT2D eigenvalue weighted by molar-refractivity contribution is 5.57. The number of hydrogen-bond acceptors (Lipinski definition) is 4. The Morgan fingerprint density at radius 1 is 1.00 bits per heavy atom. The smallest absolute Gasteiger partial charge is 0.278 e. The van der Waals surface area contributed by atoms with Crippen LogP contribution in [0.1, 0.15) is 16.8 Å². The van der Waals surface area contributed by atoms with Gasteiger partial charge in [0.1, 0.15) is 5.82 Å². The van der Waals surface area contributed by atoms with Crippen molar-refractivity contribution in [2.24, 2.45) is 0 Å². The van der Waals surface area contributed by atoms with Crippen LogP contribution >= 0.6 is 0 Å². The lowest BCUT2D eigenvalue weighted by Gasteiger charge is -2.04. The zero-order chi connectivity index (χ0) is 18.1. The van der Waals surface area contributed by atoms with Crippen LogP contribution in [-0.2, 0) is 6.54 Å². The van der Waals surface area contributed by atoms with Crippen molar-refractivity contribution in [2.75, 3.05) is 0 Å². The van der Waals surface area contributed by atoms with Crippen LogP contribution in [0.4, 0.5) is 4.39 Å². The molecule has 130 valence electrons. The Morgan fingerprint density at radius 3 is 2.46 bits per heavy atom. The molecule has 0 saturated heterocycles. The van der Waals surface area contributed by atoms with E-state index in [9.17, 15) is 4.39 Å². The van der Waals surface area contributed by atoms with Crippen molar-refractivity contribution in [1.82, 2.24) is 19.9 Å². The molecule has 0 saturated carbocycles. The van der Waals surface area contributed by atoms with Crippen molar-refractivity contribution < 1.29 is 8.91 Å². The molecule has 0 bridgehead atoms. The Hall–Kier alpha value is -3.28. The number of aryl methyl sites for hydroxylation is 2. The second-order valence-corrected chi connectivity index (χ2v) is 6.24. The van der Waals surface area contributed by atoms with Crippen molar-refractivity contribution in [1.29, 1.82) is 0 Å². The van der Waals surface area contributed by atoms with E-state index in [1.165, 1.54) is 23.3 Å². The van der Waals surface area contributed by atoms with Crippen molar-refractivity contribution in [3.8, 4) is 23.0 Å². The predicted octanol–water partition coefficient (Wildman–Crippen LogP) is 4.40. The molecule has 26 heavy (non-hydrogen) atoms. The zero-order valence-corrected chi connectivity index (χ0v) is 14.5. The summed E-state index contributed by atoms with van der Waals surface area (Å²) in [5, 5.41) is 8.55. The third kappa shape index (κ3) is 3.26. The molecule has 0 fully saturated rings. The Morgan fingerprint density at radius 2 is 1.73 bits per heavy atom. The highest BCUT2D eigenvalue weighted by Gasteiger charge is 2.15. The minimum absolute atomic E-state index is 0.303. The van der Waals surface area contributed by atoms with Crippen LogP contribution < -0.4 is 0 Å². The maximum Gasteiger partial charge on any atom is 0.278 e. The zero-order valence-electron chi connectivity index (χ0n) is 14.5. The Bertz CT molecular complexity index is 1030. The molecular formula is C20H17FN4O. The van der Waals surface area contributed by atoms with Crippen molar-refractivity contribution in [2.45, 2.75) is 20.4 Å². The normalized spacial score (nSPS) is 11.0. The SMILES string of the molecule is Cc1ccc(Cn2nc(-c3nc(-c4ccc(F)cc4)no3)cc2C)cc1. The van der Waals surface area contributed by atoms with E-state index >= 15 is 0 Å². The summed E-state index contributed by atoms with van der Waals surface area (Å²) in [7, 11) is 0. The van der Waals surface area contributed by atoms with Gasteiger partial charge in [0, 0.05) is 11.3 Å². The van der Waals surface area contributed by atoms with Crippen LogP contribution in [0, 0.1) is 19.7 Å². The van der Waals surface area contributed by atoms with E-state index in [-0.39, 0.29) is 5.82 Å². The van der Waals surface area contributed by atoms with Gasteiger partial charge in [-0.3, -0.25) is 4.68 Å². The van der Waals surface area contributed by atoms with Crippen molar-refractivity contribution in [3.63, 3.8) is 0 Å². The molecule has 4 rings (SSSR count). The summed E-state index contributed by atoms with van der Waals surface area (Å²) in [5.74, 6) is 0.448. The van der Waals surface area contributed by atoms with Gasteiger partial charge in [-0.1, -0.05) is 35.0 Å². The fourth-order valence-electron chi connectivity index (χ4n) is 2.68. The van der Waals surface area contributed by atoms with E-state index in [1.807, 2.05) is 17.7 Å². The molecule has 0 aliphatic heterocycles. The topological polar surface area (TPSA) is 56.7 Å². The standard InChI is InChI=1S/C20H17FN4O/c1-13-3-5-15(6-4-13)12-25-14(2)11-18(23-25)20-22-19(24-26-20)16-7-9-17(21)10-8-16/h3-11H,12H2,1-2H3. The third-order valence-electron chi connectivity index (χ3n) is 4.18. The molecule has 0 spiro atoms. The molecule has 4 aromatic rings. The highest BCUT2D eigenvalue weighted by Crippen LogP contribution is 2.22. The molecule has 0 aliphatic carbocycles. The van der Waals surface area contributed by atoms with Crippen LogP contribution in [0.15, 0.2) is 59.1 Å². The first-order chi connectivity index (χ1) is 12.6. The molecule has 0 unspecified atom stereocenters. The van der Waals surface area contributed by atoms with E-state index in [4.69, 9.17) is 4.52 Å². The molecule has 2 heterocycles. The van der Waals surface area contributed by atoms with E-state index in [0.29, 0.717) is 29.5 Å². The average Bonchev–Trinajstić information content (AvgIpc) is 3.25. The van der Waals surface area contributed by atoms with Gasteiger partial charge in [0.2, 0.25) is 5.82 Å². The van der Waals surface area contributed by atoms with Crippen molar-refractivity contribution in [3.05, 3.63) is 77.2 Å². The number of aromatic nitrogens is 4. The van der Waals surface area contributed by atoms with Gasteiger partial charge in [0.05, 0.1) is 6.54 Å².